The average Bonchev–Trinajstić information content (AvgIpc) is 2.29. The topological polar surface area (TPSA) is 21.3 Å². The van der Waals surface area contributed by atoms with Crippen molar-refractivity contribution < 1.29 is 4.74 Å². The minimum atomic E-state index is 0.384. The molecule has 1 rings (SSSR count). The Labute approximate surface area is 112 Å². The number of rotatable bonds is 7. The number of hydrogen-bond donors (Lipinski definition) is 1. The lowest BCUT2D eigenvalue weighted by Gasteiger charge is -2.22. The summed E-state index contributed by atoms with van der Waals surface area (Å²) in [5.74, 6) is 1.68. The van der Waals surface area contributed by atoms with Crippen molar-refractivity contribution in [2.24, 2.45) is 5.92 Å². The van der Waals surface area contributed by atoms with Crippen LogP contribution < -0.4 is 10.1 Å². The Morgan fingerprint density at radius 2 is 1.67 bits per heavy atom. The van der Waals surface area contributed by atoms with Crippen molar-refractivity contribution in [2.75, 3.05) is 6.61 Å². The van der Waals surface area contributed by atoms with Crippen LogP contribution in [0.4, 0.5) is 0 Å². The normalized spacial score (nSPS) is 14.6. The van der Waals surface area contributed by atoms with Gasteiger partial charge in [-0.25, -0.2) is 0 Å². The minimum absolute atomic E-state index is 0.384. The van der Waals surface area contributed by atoms with Crippen molar-refractivity contribution >= 4 is 0 Å². The Balaban J connectivity index is 2.52. The minimum Gasteiger partial charge on any atom is -0.494 e. The summed E-state index contributed by atoms with van der Waals surface area (Å²) in [7, 11) is 0. The lowest BCUT2D eigenvalue weighted by atomic mass is 10.0. The van der Waals surface area contributed by atoms with Gasteiger partial charge in [0.05, 0.1) is 6.61 Å². The quantitative estimate of drug-likeness (QED) is 0.783. The SMILES string of the molecule is CCOc1ccc(C(C)NC(C)CC(C)C)cc1. The highest BCUT2D eigenvalue weighted by Gasteiger charge is 2.10. The Morgan fingerprint density at radius 3 is 2.17 bits per heavy atom. The van der Waals surface area contributed by atoms with Crippen molar-refractivity contribution in [3.05, 3.63) is 29.8 Å². The fourth-order valence-electron chi connectivity index (χ4n) is 2.32. The zero-order valence-electron chi connectivity index (χ0n) is 12.4. The summed E-state index contributed by atoms with van der Waals surface area (Å²) in [6, 6.07) is 9.31. The van der Waals surface area contributed by atoms with Crippen LogP contribution in [-0.4, -0.2) is 12.6 Å². The van der Waals surface area contributed by atoms with Gasteiger partial charge < -0.3 is 10.1 Å². The molecule has 1 aromatic rings. The molecular formula is C16H27NO. The highest BCUT2D eigenvalue weighted by Crippen LogP contribution is 2.19. The molecule has 1 aromatic carbocycles. The third kappa shape index (κ3) is 5.09. The molecule has 0 aliphatic rings. The van der Waals surface area contributed by atoms with Crippen LogP contribution in [0, 0.1) is 5.92 Å². The van der Waals surface area contributed by atoms with Gasteiger partial charge in [-0.1, -0.05) is 26.0 Å². The van der Waals surface area contributed by atoms with Crippen molar-refractivity contribution in [2.45, 2.75) is 53.1 Å². The predicted octanol–water partition coefficient (Wildman–Crippen LogP) is 4.17. The molecule has 18 heavy (non-hydrogen) atoms. The fraction of sp³-hybridized carbons (Fsp3) is 0.625. The molecule has 0 heterocycles. The molecule has 0 saturated carbocycles. The largest absolute Gasteiger partial charge is 0.494 e. The number of nitrogens with one attached hydrogen (secondary N) is 1. The first-order valence-electron chi connectivity index (χ1n) is 7.01. The number of hydrogen-bond acceptors (Lipinski definition) is 2. The second kappa shape index (κ2) is 7.42. The molecule has 0 bridgehead atoms. The maximum absolute atomic E-state index is 5.45. The van der Waals surface area contributed by atoms with Crippen molar-refractivity contribution in [3.63, 3.8) is 0 Å². The van der Waals surface area contributed by atoms with Gasteiger partial charge in [0.2, 0.25) is 0 Å². The Morgan fingerprint density at radius 1 is 1.06 bits per heavy atom. The third-order valence-corrected chi connectivity index (χ3v) is 3.05. The number of benzene rings is 1. The summed E-state index contributed by atoms with van der Waals surface area (Å²) in [5, 5.41) is 3.64. The van der Waals surface area contributed by atoms with E-state index in [1.807, 2.05) is 19.1 Å². The van der Waals surface area contributed by atoms with E-state index in [-0.39, 0.29) is 0 Å². The standard InChI is InChI=1S/C16H27NO/c1-6-18-16-9-7-15(8-10-16)14(5)17-13(4)11-12(2)3/h7-10,12-14,17H,6,11H2,1-5H3. The molecule has 2 heteroatoms. The summed E-state index contributed by atoms with van der Waals surface area (Å²) in [6.07, 6.45) is 1.21. The molecule has 0 saturated heterocycles. The van der Waals surface area contributed by atoms with Crippen LogP contribution in [0.2, 0.25) is 0 Å². The smallest absolute Gasteiger partial charge is 0.119 e. The summed E-state index contributed by atoms with van der Waals surface area (Å²) in [5.41, 5.74) is 1.31. The molecule has 0 fully saturated rings. The molecule has 2 nitrogen and oxygen atoms in total. The lowest BCUT2D eigenvalue weighted by Crippen LogP contribution is -2.30. The maximum atomic E-state index is 5.45. The molecular weight excluding hydrogens is 222 g/mol. The highest BCUT2D eigenvalue weighted by atomic mass is 16.5. The first-order valence-corrected chi connectivity index (χ1v) is 7.01. The van der Waals surface area contributed by atoms with Crippen molar-refractivity contribution in [1.82, 2.24) is 5.32 Å². The lowest BCUT2D eigenvalue weighted by molar-refractivity contribution is 0.340. The Hall–Kier alpha value is -1.02. The number of ether oxygens (including phenoxy) is 1. The summed E-state index contributed by atoms with van der Waals surface area (Å²) >= 11 is 0. The van der Waals surface area contributed by atoms with Crippen LogP contribution in [0.25, 0.3) is 0 Å². The van der Waals surface area contributed by atoms with E-state index in [1.54, 1.807) is 0 Å². The van der Waals surface area contributed by atoms with Crippen LogP contribution >= 0.6 is 0 Å². The molecule has 1 N–H and O–H groups in total. The summed E-state index contributed by atoms with van der Waals surface area (Å²) in [4.78, 5) is 0. The van der Waals surface area contributed by atoms with Crippen LogP contribution in [0.1, 0.15) is 52.6 Å². The van der Waals surface area contributed by atoms with Gasteiger partial charge in [0, 0.05) is 12.1 Å². The van der Waals surface area contributed by atoms with E-state index in [2.05, 4.69) is 45.1 Å². The molecule has 0 radical (unpaired) electrons. The molecule has 0 amide bonds. The van der Waals surface area contributed by atoms with Gasteiger partial charge in [-0.15, -0.1) is 0 Å². The summed E-state index contributed by atoms with van der Waals surface area (Å²) < 4.78 is 5.45. The second-order valence-corrected chi connectivity index (χ2v) is 5.42. The van der Waals surface area contributed by atoms with Crippen LogP contribution in [0.15, 0.2) is 24.3 Å². The average molecular weight is 249 g/mol. The molecule has 0 spiro atoms. The van der Waals surface area contributed by atoms with E-state index in [0.29, 0.717) is 12.1 Å². The zero-order valence-corrected chi connectivity index (χ0v) is 12.4. The van der Waals surface area contributed by atoms with Gasteiger partial charge in [-0.2, -0.15) is 0 Å². The predicted molar refractivity (Wildman–Crippen MR) is 78.1 cm³/mol. The Kier molecular flexibility index (Phi) is 6.20. The molecule has 0 aliphatic carbocycles. The first kappa shape index (κ1) is 15.0. The fourth-order valence-corrected chi connectivity index (χ4v) is 2.32. The molecule has 102 valence electrons. The van der Waals surface area contributed by atoms with E-state index in [4.69, 9.17) is 4.74 Å². The van der Waals surface area contributed by atoms with Gasteiger partial charge >= 0.3 is 0 Å². The van der Waals surface area contributed by atoms with Crippen molar-refractivity contribution in [3.8, 4) is 5.75 Å². The monoisotopic (exact) mass is 249 g/mol. The van der Waals surface area contributed by atoms with Gasteiger partial charge in [0.15, 0.2) is 0 Å². The van der Waals surface area contributed by atoms with Gasteiger partial charge in [0.1, 0.15) is 5.75 Å². The van der Waals surface area contributed by atoms with Crippen LogP contribution in [0.3, 0.4) is 0 Å². The highest BCUT2D eigenvalue weighted by molar-refractivity contribution is 5.28. The molecule has 0 aromatic heterocycles. The second-order valence-electron chi connectivity index (χ2n) is 5.42. The van der Waals surface area contributed by atoms with Crippen LogP contribution in [0.5, 0.6) is 5.75 Å². The molecule has 2 unspecified atom stereocenters. The van der Waals surface area contributed by atoms with E-state index in [0.717, 1.165) is 18.3 Å². The first-order chi connectivity index (χ1) is 8.52. The summed E-state index contributed by atoms with van der Waals surface area (Å²) in [6.45, 7) is 11.7. The zero-order chi connectivity index (χ0) is 13.5. The van der Waals surface area contributed by atoms with E-state index >= 15 is 0 Å². The van der Waals surface area contributed by atoms with Gasteiger partial charge in [-0.05, 0) is 50.8 Å². The van der Waals surface area contributed by atoms with Crippen molar-refractivity contribution in [1.29, 1.82) is 0 Å². The molecule has 0 aliphatic heterocycles. The molecule has 2 atom stereocenters. The van der Waals surface area contributed by atoms with E-state index in [1.165, 1.54) is 12.0 Å². The third-order valence-electron chi connectivity index (χ3n) is 3.05. The maximum Gasteiger partial charge on any atom is 0.119 e. The van der Waals surface area contributed by atoms with E-state index < -0.39 is 0 Å². The van der Waals surface area contributed by atoms with Gasteiger partial charge in [0.25, 0.3) is 0 Å². The Bertz CT molecular complexity index is 331. The van der Waals surface area contributed by atoms with E-state index in [9.17, 15) is 0 Å². The van der Waals surface area contributed by atoms with Gasteiger partial charge in [-0.3, -0.25) is 0 Å². The van der Waals surface area contributed by atoms with Crippen LogP contribution in [-0.2, 0) is 0 Å².